The maximum atomic E-state index is 13.1. The van der Waals surface area contributed by atoms with Gasteiger partial charge in [-0.25, -0.2) is 9.67 Å². The second-order valence-electron chi connectivity index (χ2n) is 8.50. The van der Waals surface area contributed by atoms with Gasteiger partial charge in [-0.2, -0.15) is 5.10 Å². The van der Waals surface area contributed by atoms with Crippen molar-refractivity contribution >= 4 is 38.8 Å². The van der Waals surface area contributed by atoms with Crippen molar-refractivity contribution in [2.45, 2.75) is 53.0 Å². The molecule has 3 aromatic rings. The van der Waals surface area contributed by atoms with E-state index in [0.717, 1.165) is 5.69 Å². The first-order valence-electron chi connectivity index (χ1n) is 9.76. The van der Waals surface area contributed by atoms with Crippen LogP contribution in [0.1, 0.15) is 72.6 Å². The monoisotopic (exact) mass is 471 g/mol. The van der Waals surface area contributed by atoms with Crippen molar-refractivity contribution in [2.75, 3.05) is 0 Å². The number of hydrogen-bond acceptors (Lipinski definition) is 4. The van der Waals surface area contributed by atoms with Gasteiger partial charge < -0.3 is 0 Å². The quantitative estimate of drug-likeness (QED) is 0.551. The number of hydrogen-bond donors (Lipinski definition) is 2. The van der Waals surface area contributed by atoms with Crippen LogP contribution < -0.4 is 10.9 Å². The second kappa shape index (κ2) is 8.18. The van der Waals surface area contributed by atoms with Gasteiger partial charge >= 0.3 is 0 Å². The summed E-state index contributed by atoms with van der Waals surface area (Å²) >= 11 is 3.34. The van der Waals surface area contributed by atoms with Crippen LogP contribution in [-0.4, -0.2) is 26.6 Å². The molecule has 30 heavy (non-hydrogen) atoms. The van der Waals surface area contributed by atoms with E-state index in [9.17, 15) is 9.59 Å². The number of amides is 2. The fraction of sp³-hybridized carbons (Fsp3) is 0.364. The highest BCUT2D eigenvalue weighted by Gasteiger charge is 2.25. The van der Waals surface area contributed by atoms with E-state index in [2.05, 4.69) is 31.9 Å². The van der Waals surface area contributed by atoms with E-state index in [4.69, 9.17) is 4.98 Å². The van der Waals surface area contributed by atoms with Crippen LogP contribution in [0, 0.1) is 6.92 Å². The lowest BCUT2D eigenvalue weighted by molar-refractivity contribution is 0.0847. The van der Waals surface area contributed by atoms with Crippen molar-refractivity contribution in [3.8, 4) is 0 Å². The molecule has 158 valence electrons. The molecule has 0 saturated carbocycles. The summed E-state index contributed by atoms with van der Waals surface area (Å²) in [7, 11) is 0. The molecule has 0 aliphatic heterocycles. The Labute approximate surface area is 184 Å². The number of benzene rings is 1. The Balaban J connectivity index is 2.00. The maximum absolute atomic E-state index is 13.1. The zero-order chi connectivity index (χ0) is 22.2. The van der Waals surface area contributed by atoms with E-state index in [0.29, 0.717) is 32.3 Å². The number of rotatable bonds is 3. The van der Waals surface area contributed by atoms with Crippen LogP contribution in [-0.2, 0) is 5.54 Å². The molecule has 2 heterocycles. The Hall–Kier alpha value is -2.74. The summed E-state index contributed by atoms with van der Waals surface area (Å²) < 4.78 is 2.49. The summed E-state index contributed by atoms with van der Waals surface area (Å²) in [6.07, 6.45) is 0. The van der Waals surface area contributed by atoms with Gasteiger partial charge in [0.2, 0.25) is 0 Å². The minimum Gasteiger partial charge on any atom is -0.267 e. The first-order chi connectivity index (χ1) is 14.0. The molecular weight excluding hydrogens is 446 g/mol. The summed E-state index contributed by atoms with van der Waals surface area (Å²) in [5.74, 6) is -0.701. The fourth-order valence-electron chi connectivity index (χ4n) is 3.14. The first-order valence-corrected chi connectivity index (χ1v) is 10.6. The number of carbonyl (C=O) groups excluding carboxylic acids is 2. The molecule has 2 aromatic heterocycles. The third-order valence-corrected chi connectivity index (χ3v) is 5.40. The van der Waals surface area contributed by atoms with E-state index < -0.39 is 11.8 Å². The lowest BCUT2D eigenvalue weighted by Gasteiger charge is -2.20. The van der Waals surface area contributed by atoms with Crippen LogP contribution in [0.25, 0.3) is 11.0 Å². The molecule has 3 rings (SSSR count). The Morgan fingerprint density at radius 2 is 1.67 bits per heavy atom. The standard InChI is InChI=1S/C22H26BrN5O2/c1-12(2)17-11-15(18-13(3)27-28(19(18)24-17)22(4,5)6)21(30)26-25-20(29)14-9-7-8-10-16(14)23/h7-12H,1-6H3,(H,25,29)(H,26,30). The Morgan fingerprint density at radius 3 is 2.23 bits per heavy atom. The summed E-state index contributed by atoms with van der Waals surface area (Å²) in [4.78, 5) is 30.3. The highest BCUT2D eigenvalue weighted by atomic mass is 79.9. The number of fused-ring (bicyclic) bond motifs is 1. The Morgan fingerprint density at radius 1 is 1.07 bits per heavy atom. The van der Waals surface area contributed by atoms with Crippen molar-refractivity contribution < 1.29 is 9.59 Å². The van der Waals surface area contributed by atoms with Gasteiger partial charge in [0.1, 0.15) is 0 Å². The van der Waals surface area contributed by atoms with E-state index in [1.54, 1.807) is 24.3 Å². The van der Waals surface area contributed by atoms with Crippen LogP contribution in [0.5, 0.6) is 0 Å². The minimum atomic E-state index is -0.415. The van der Waals surface area contributed by atoms with Crippen molar-refractivity contribution in [1.29, 1.82) is 0 Å². The van der Waals surface area contributed by atoms with Gasteiger partial charge in [-0.1, -0.05) is 26.0 Å². The molecule has 0 saturated heterocycles. The molecule has 0 spiro atoms. The van der Waals surface area contributed by atoms with Crippen molar-refractivity contribution in [2.24, 2.45) is 0 Å². The molecule has 0 bridgehead atoms. The molecule has 0 fully saturated rings. The third-order valence-electron chi connectivity index (χ3n) is 4.71. The summed E-state index contributed by atoms with van der Waals surface area (Å²) in [6.45, 7) is 12.0. The topological polar surface area (TPSA) is 88.9 Å². The number of nitrogens with zero attached hydrogens (tertiary/aromatic N) is 3. The lowest BCUT2D eigenvalue weighted by atomic mass is 10.0. The number of nitrogens with one attached hydrogen (secondary N) is 2. The lowest BCUT2D eigenvalue weighted by Crippen LogP contribution is -2.42. The van der Waals surface area contributed by atoms with Crippen LogP contribution in [0.3, 0.4) is 0 Å². The normalized spacial score (nSPS) is 11.7. The molecule has 0 aliphatic rings. The van der Waals surface area contributed by atoms with Crippen molar-refractivity contribution in [3.05, 3.63) is 57.3 Å². The second-order valence-corrected chi connectivity index (χ2v) is 9.36. The minimum absolute atomic E-state index is 0.124. The number of hydrazine groups is 1. The largest absolute Gasteiger partial charge is 0.270 e. The number of pyridine rings is 1. The predicted molar refractivity (Wildman–Crippen MR) is 120 cm³/mol. The molecule has 0 atom stereocenters. The molecular formula is C22H26BrN5O2. The van der Waals surface area contributed by atoms with E-state index in [-0.39, 0.29) is 11.5 Å². The van der Waals surface area contributed by atoms with Gasteiger partial charge in [0, 0.05) is 10.2 Å². The van der Waals surface area contributed by atoms with Crippen LogP contribution in [0.2, 0.25) is 0 Å². The zero-order valence-electron chi connectivity index (χ0n) is 18.0. The first kappa shape index (κ1) is 22.0. The van der Waals surface area contributed by atoms with Crippen molar-refractivity contribution in [1.82, 2.24) is 25.6 Å². The van der Waals surface area contributed by atoms with E-state index >= 15 is 0 Å². The zero-order valence-corrected chi connectivity index (χ0v) is 19.6. The fourth-order valence-corrected chi connectivity index (χ4v) is 3.61. The van der Waals surface area contributed by atoms with Gasteiger partial charge in [-0.05, 0) is 67.7 Å². The molecule has 0 aliphatic carbocycles. The summed E-state index contributed by atoms with van der Waals surface area (Å²) in [6, 6.07) is 8.78. The molecule has 7 nitrogen and oxygen atoms in total. The highest BCUT2D eigenvalue weighted by Crippen LogP contribution is 2.28. The van der Waals surface area contributed by atoms with Gasteiger partial charge in [-0.3, -0.25) is 20.4 Å². The highest BCUT2D eigenvalue weighted by molar-refractivity contribution is 9.10. The molecule has 2 amide bonds. The van der Waals surface area contributed by atoms with Crippen LogP contribution in [0.4, 0.5) is 0 Å². The number of halogens is 1. The molecule has 0 unspecified atom stereocenters. The molecule has 0 radical (unpaired) electrons. The summed E-state index contributed by atoms with van der Waals surface area (Å²) in [5, 5.41) is 5.32. The van der Waals surface area contributed by atoms with Crippen LogP contribution >= 0.6 is 15.9 Å². The maximum Gasteiger partial charge on any atom is 0.270 e. The average Bonchev–Trinajstić information content (AvgIpc) is 3.02. The number of carbonyl (C=O) groups is 2. The Bertz CT molecular complexity index is 1130. The van der Waals surface area contributed by atoms with Gasteiger partial charge in [0.25, 0.3) is 11.8 Å². The van der Waals surface area contributed by atoms with Gasteiger partial charge in [0.15, 0.2) is 5.65 Å². The molecule has 1 aromatic carbocycles. The molecule has 2 N–H and O–H groups in total. The van der Waals surface area contributed by atoms with Gasteiger partial charge in [0.05, 0.1) is 27.7 Å². The van der Waals surface area contributed by atoms with Crippen molar-refractivity contribution in [3.63, 3.8) is 0 Å². The third kappa shape index (κ3) is 4.23. The predicted octanol–water partition coefficient (Wildman–Crippen LogP) is 4.46. The number of aryl methyl sites for hydroxylation is 1. The van der Waals surface area contributed by atoms with E-state index in [1.165, 1.54) is 0 Å². The van der Waals surface area contributed by atoms with Gasteiger partial charge in [-0.15, -0.1) is 0 Å². The van der Waals surface area contributed by atoms with E-state index in [1.807, 2.05) is 52.3 Å². The summed E-state index contributed by atoms with van der Waals surface area (Å²) in [5.41, 5.74) is 7.75. The molecule has 8 heteroatoms. The smallest absolute Gasteiger partial charge is 0.267 e. The SMILES string of the molecule is Cc1nn(C(C)(C)C)c2nc(C(C)C)cc(C(=O)NNC(=O)c3ccccc3Br)c12. The average molecular weight is 472 g/mol. The number of aromatic nitrogens is 3. The van der Waals surface area contributed by atoms with Crippen LogP contribution in [0.15, 0.2) is 34.8 Å². The Kier molecular flexibility index (Phi) is 5.99.